The zero-order valence-electron chi connectivity index (χ0n) is 11.2. The van der Waals surface area contributed by atoms with Gasteiger partial charge in [0, 0.05) is 12.1 Å². The van der Waals surface area contributed by atoms with E-state index in [1.165, 1.54) is 12.1 Å². The lowest BCUT2D eigenvalue weighted by Crippen LogP contribution is -2.28. The monoisotopic (exact) mass is 320 g/mol. The molecular formula is C12H17ClN2O4S. The molecule has 0 fully saturated rings. The number of rotatable bonds is 6. The first-order valence-electron chi connectivity index (χ1n) is 5.94. The highest BCUT2D eigenvalue weighted by Crippen LogP contribution is 2.21. The summed E-state index contributed by atoms with van der Waals surface area (Å²) in [5, 5.41) is 7.61. The highest BCUT2D eigenvalue weighted by molar-refractivity contribution is 7.89. The van der Waals surface area contributed by atoms with E-state index >= 15 is 0 Å². The van der Waals surface area contributed by atoms with Crippen LogP contribution in [0.25, 0.3) is 0 Å². The molecule has 8 heteroatoms. The molecule has 112 valence electrons. The summed E-state index contributed by atoms with van der Waals surface area (Å²) in [5.41, 5.74) is 0.169. The summed E-state index contributed by atoms with van der Waals surface area (Å²) in [5.74, 6) is -0.418. The number of nitrogens with two attached hydrogens (primary N) is 1. The molecule has 6 nitrogen and oxygen atoms in total. The van der Waals surface area contributed by atoms with Crippen molar-refractivity contribution in [3.63, 3.8) is 0 Å². The normalized spacial score (nSPS) is 11.7. The smallest absolute Gasteiger partial charge is 0.251 e. The number of primary sulfonamides is 1. The van der Waals surface area contributed by atoms with Crippen LogP contribution in [0.4, 0.5) is 0 Å². The maximum atomic E-state index is 11.8. The molecule has 20 heavy (non-hydrogen) atoms. The zero-order chi connectivity index (χ0) is 15.3. The van der Waals surface area contributed by atoms with Crippen molar-refractivity contribution in [3.8, 4) is 0 Å². The third-order valence-electron chi connectivity index (χ3n) is 2.34. The number of hydrogen-bond acceptors (Lipinski definition) is 4. The van der Waals surface area contributed by atoms with Crippen molar-refractivity contribution in [1.82, 2.24) is 5.32 Å². The number of amides is 1. The first-order valence-corrected chi connectivity index (χ1v) is 7.86. The second-order valence-electron chi connectivity index (χ2n) is 4.37. The lowest BCUT2D eigenvalue weighted by Gasteiger charge is -2.09. The first-order chi connectivity index (χ1) is 9.21. The molecule has 0 aliphatic carbocycles. The standard InChI is InChI=1S/C12H17ClN2O4S/c1-8(2)19-6-5-15-12(16)9-3-4-10(13)11(7-9)20(14,17)18/h3-4,7-8H,5-6H2,1-2H3,(H,15,16)(H2,14,17,18). The van der Waals surface area contributed by atoms with E-state index in [1.54, 1.807) is 0 Å². The summed E-state index contributed by atoms with van der Waals surface area (Å²) in [6, 6.07) is 3.90. The summed E-state index contributed by atoms with van der Waals surface area (Å²) in [6.07, 6.45) is 0.0800. The fourth-order valence-electron chi connectivity index (χ4n) is 1.42. The Morgan fingerprint density at radius 3 is 2.65 bits per heavy atom. The van der Waals surface area contributed by atoms with Crippen LogP contribution in [-0.2, 0) is 14.8 Å². The highest BCUT2D eigenvalue weighted by atomic mass is 35.5. The van der Waals surface area contributed by atoms with Gasteiger partial charge in [0.25, 0.3) is 5.91 Å². The number of hydrogen-bond donors (Lipinski definition) is 2. The van der Waals surface area contributed by atoms with Crippen molar-refractivity contribution in [1.29, 1.82) is 0 Å². The Morgan fingerprint density at radius 2 is 2.10 bits per heavy atom. The Hall–Kier alpha value is -1.15. The van der Waals surface area contributed by atoms with Gasteiger partial charge in [-0.1, -0.05) is 11.6 Å². The molecule has 0 heterocycles. The average Bonchev–Trinajstić information content (AvgIpc) is 2.33. The van der Waals surface area contributed by atoms with Gasteiger partial charge in [0.15, 0.2) is 0 Å². The second kappa shape index (κ2) is 7.03. The molecule has 0 saturated carbocycles. The molecule has 0 bridgehead atoms. The molecule has 0 spiro atoms. The van der Waals surface area contributed by atoms with Crippen LogP contribution in [0.3, 0.4) is 0 Å². The summed E-state index contributed by atoms with van der Waals surface area (Å²) < 4.78 is 27.9. The van der Waals surface area contributed by atoms with Crippen LogP contribution in [0.15, 0.2) is 23.1 Å². The number of nitrogens with one attached hydrogen (secondary N) is 1. The Kier molecular flexibility index (Phi) is 5.94. The SMILES string of the molecule is CC(C)OCCNC(=O)c1ccc(Cl)c(S(N)(=O)=O)c1. The summed E-state index contributed by atoms with van der Waals surface area (Å²) in [7, 11) is -3.96. The van der Waals surface area contributed by atoms with Crippen LogP contribution in [0.1, 0.15) is 24.2 Å². The van der Waals surface area contributed by atoms with Gasteiger partial charge in [0.1, 0.15) is 4.90 Å². The third-order valence-corrected chi connectivity index (χ3v) is 3.73. The summed E-state index contributed by atoms with van der Waals surface area (Å²) in [4.78, 5) is 11.6. The van der Waals surface area contributed by atoms with Crippen molar-refractivity contribution >= 4 is 27.5 Å². The lowest BCUT2D eigenvalue weighted by atomic mass is 10.2. The van der Waals surface area contributed by atoms with Gasteiger partial charge in [0.05, 0.1) is 17.7 Å². The van der Waals surface area contributed by atoms with Crippen molar-refractivity contribution in [2.45, 2.75) is 24.8 Å². The van der Waals surface area contributed by atoms with E-state index in [9.17, 15) is 13.2 Å². The van der Waals surface area contributed by atoms with Crippen molar-refractivity contribution in [2.75, 3.05) is 13.2 Å². The Balaban J connectivity index is 2.75. The van der Waals surface area contributed by atoms with Crippen LogP contribution in [0.5, 0.6) is 0 Å². The minimum atomic E-state index is -3.96. The van der Waals surface area contributed by atoms with Gasteiger partial charge >= 0.3 is 0 Å². The van der Waals surface area contributed by atoms with E-state index < -0.39 is 15.9 Å². The molecule has 1 rings (SSSR count). The van der Waals surface area contributed by atoms with Crippen molar-refractivity contribution in [2.24, 2.45) is 5.14 Å². The molecule has 1 aromatic rings. The van der Waals surface area contributed by atoms with Crippen LogP contribution in [-0.4, -0.2) is 33.6 Å². The number of carbonyl (C=O) groups is 1. The van der Waals surface area contributed by atoms with E-state index in [0.717, 1.165) is 6.07 Å². The van der Waals surface area contributed by atoms with Crippen LogP contribution < -0.4 is 10.5 Å². The molecule has 1 aromatic carbocycles. The Morgan fingerprint density at radius 1 is 1.45 bits per heavy atom. The van der Waals surface area contributed by atoms with Crippen molar-refractivity contribution < 1.29 is 17.9 Å². The topological polar surface area (TPSA) is 98.5 Å². The zero-order valence-corrected chi connectivity index (χ0v) is 12.8. The largest absolute Gasteiger partial charge is 0.377 e. The highest BCUT2D eigenvalue weighted by Gasteiger charge is 2.16. The van der Waals surface area contributed by atoms with E-state index in [4.69, 9.17) is 21.5 Å². The molecule has 0 radical (unpaired) electrons. The maximum absolute atomic E-state index is 11.8. The quantitative estimate of drug-likeness (QED) is 0.768. The van der Waals surface area contributed by atoms with Gasteiger partial charge in [-0.2, -0.15) is 0 Å². The first kappa shape index (κ1) is 16.9. The predicted molar refractivity (Wildman–Crippen MR) is 76.2 cm³/mol. The summed E-state index contributed by atoms with van der Waals surface area (Å²) in [6.45, 7) is 4.47. The molecule has 0 aliphatic rings. The molecule has 0 aromatic heterocycles. The van der Waals surface area contributed by atoms with E-state index in [1.807, 2.05) is 13.8 Å². The van der Waals surface area contributed by atoms with Gasteiger partial charge in [-0.3, -0.25) is 4.79 Å². The van der Waals surface area contributed by atoms with Gasteiger partial charge in [0.2, 0.25) is 10.0 Å². The summed E-state index contributed by atoms with van der Waals surface area (Å²) >= 11 is 5.74. The number of ether oxygens (including phenoxy) is 1. The number of halogens is 1. The van der Waals surface area contributed by atoms with E-state index in [2.05, 4.69) is 5.32 Å². The number of sulfonamides is 1. The van der Waals surface area contributed by atoms with E-state index in [-0.39, 0.29) is 21.6 Å². The Labute approximate surface area is 123 Å². The van der Waals surface area contributed by atoms with Gasteiger partial charge < -0.3 is 10.1 Å². The minimum Gasteiger partial charge on any atom is -0.377 e. The molecule has 0 atom stereocenters. The number of carbonyl (C=O) groups excluding carboxylic acids is 1. The van der Waals surface area contributed by atoms with Crippen molar-refractivity contribution in [3.05, 3.63) is 28.8 Å². The average molecular weight is 321 g/mol. The van der Waals surface area contributed by atoms with Crippen LogP contribution >= 0.6 is 11.6 Å². The lowest BCUT2D eigenvalue weighted by molar-refractivity contribution is 0.0746. The minimum absolute atomic E-state index is 0.0211. The second-order valence-corrected chi connectivity index (χ2v) is 6.30. The van der Waals surface area contributed by atoms with Crippen LogP contribution in [0.2, 0.25) is 5.02 Å². The third kappa shape index (κ3) is 5.09. The maximum Gasteiger partial charge on any atom is 0.251 e. The number of benzene rings is 1. The fraction of sp³-hybridized carbons (Fsp3) is 0.417. The van der Waals surface area contributed by atoms with Crippen LogP contribution in [0, 0.1) is 0 Å². The van der Waals surface area contributed by atoms with Gasteiger partial charge in [-0.05, 0) is 32.0 Å². The fourth-order valence-corrected chi connectivity index (χ4v) is 2.50. The van der Waals surface area contributed by atoms with E-state index in [0.29, 0.717) is 13.2 Å². The Bertz CT molecular complexity index is 587. The molecular weight excluding hydrogens is 304 g/mol. The van der Waals surface area contributed by atoms with Gasteiger partial charge in [-0.15, -0.1) is 0 Å². The molecule has 0 aliphatic heterocycles. The molecule has 0 saturated heterocycles. The predicted octanol–water partition coefficient (Wildman–Crippen LogP) is 1.14. The molecule has 0 unspecified atom stereocenters. The molecule has 1 amide bonds. The van der Waals surface area contributed by atoms with Gasteiger partial charge in [-0.25, -0.2) is 13.6 Å². The molecule has 3 N–H and O–H groups in total.